The van der Waals surface area contributed by atoms with Crippen LogP contribution < -0.4 is 0 Å². The molecule has 0 radical (unpaired) electrons. The molecule has 18 heavy (non-hydrogen) atoms. The SMILES string of the molecule is CCCC[N+](CCCC)(CCCC)C(F)CCC. The predicted octanol–water partition coefficient (Wildman–Crippen LogP) is 5.30. The Kier molecular flexibility index (Phi) is 10.7. The lowest BCUT2D eigenvalue weighted by molar-refractivity contribution is -0.965. The highest BCUT2D eigenvalue weighted by Gasteiger charge is 2.34. The van der Waals surface area contributed by atoms with Gasteiger partial charge in [0.25, 0.3) is 0 Å². The van der Waals surface area contributed by atoms with Crippen molar-refractivity contribution in [1.82, 2.24) is 0 Å². The minimum atomic E-state index is -0.639. The molecule has 1 nitrogen and oxygen atoms in total. The predicted molar refractivity (Wildman–Crippen MR) is 79.4 cm³/mol. The van der Waals surface area contributed by atoms with Gasteiger partial charge in [-0.3, -0.25) is 4.48 Å². The van der Waals surface area contributed by atoms with E-state index in [1.165, 1.54) is 19.3 Å². The van der Waals surface area contributed by atoms with Crippen LogP contribution in [-0.2, 0) is 0 Å². The second-order valence-electron chi connectivity index (χ2n) is 5.67. The smallest absolute Gasteiger partial charge is 0.232 e. The number of hydrogen-bond donors (Lipinski definition) is 0. The molecule has 0 aliphatic heterocycles. The van der Waals surface area contributed by atoms with Crippen molar-refractivity contribution in [1.29, 1.82) is 0 Å². The number of nitrogens with zero attached hydrogens (tertiary/aromatic N) is 1. The van der Waals surface area contributed by atoms with Gasteiger partial charge in [-0.1, -0.05) is 47.0 Å². The van der Waals surface area contributed by atoms with Crippen molar-refractivity contribution >= 4 is 0 Å². The van der Waals surface area contributed by atoms with Crippen LogP contribution in [0, 0.1) is 0 Å². The van der Waals surface area contributed by atoms with Gasteiger partial charge in [-0.2, -0.15) is 4.39 Å². The van der Waals surface area contributed by atoms with Crippen molar-refractivity contribution < 1.29 is 8.87 Å². The first kappa shape index (κ1) is 17.9. The van der Waals surface area contributed by atoms with E-state index in [1.54, 1.807) is 0 Å². The third-order valence-corrected chi connectivity index (χ3v) is 3.99. The molecule has 2 heteroatoms. The van der Waals surface area contributed by atoms with Crippen LogP contribution in [0.3, 0.4) is 0 Å². The second-order valence-corrected chi connectivity index (χ2v) is 5.67. The first-order valence-corrected chi connectivity index (χ1v) is 8.16. The molecule has 0 fully saturated rings. The maximum absolute atomic E-state index is 14.7. The fraction of sp³-hybridized carbons (Fsp3) is 1.00. The van der Waals surface area contributed by atoms with E-state index in [0.29, 0.717) is 0 Å². The molecule has 0 amide bonds. The quantitative estimate of drug-likeness (QED) is 0.330. The molecule has 0 aliphatic carbocycles. The van der Waals surface area contributed by atoms with Crippen LogP contribution in [0.15, 0.2) is 0 Å². The molecule has 0 saturated carbocycles. The van der Waals surface area contributed by atoms with Gasteiger partial charge in [0.15, 0.2) is 0 Å². The van der Waals surface area contributed by atoms with Crippen molar-refractivity contribution in [3.63, 3.8) is 0 Å². The normalized spacial score (nSPS) is 13.8. The van der Waals surface area contributed by atoms with Crippen LogP contribution >= 0.6 is 0 Å². The molecule has 0 saturated heterocycles. The van der Waals surface area contributed by atoms with Crippen molar-refractivity contribution in [2.45, 2.75) is 85.4 Å². The number of hydrogen-bond acceptors (Lipinski definition) is 0. The molecule has 1 atom stereocenters. The average molecular weight is 260 g/mol. The van der Waals surface area contributed by atoms with Crippen LogP contribution in [0.25, 0.3) is 0 Å². The van der Waals surface area contributed by atoms with Crippen LogP contribution in [0.2, 0.25) is 0 Å². The molecule has 1 unspecified atom stereocenters. The molecule has 0 N–H and O–H groups in total. The molecule has 0 rings (SSSR count). The van der Waals surface area contributed by atoms with E-state index < -0.39 is 6.30 Å². The Morgan fingerprint density at radius 1 is 0.722 bits per heavy atom. The van der Waals surface area contributed by atoms with Gasteiger partial charge in [0.2, 0.25) is 6.30 Å². The summed E-state index contributed by atoms with van der Waals surface area (Å²) in [5, 5.41) is 0. The summed E-state index contributed by atoms with van der Waals surface area (Å²) in [6, 6.07) is 0. The fourth-order valence-corrected chi connectivity index (χ4v) is 2.69. The van der Waals surface area contributed by atoms with Gasteiger partial charge in [-0.05, 0) is 25.7 Å². The Morgan fingerprint density at radius 3 is 1.39 bits per heavy atom. The molecule has 0 aromatic rings. The third kappa shape index (κ3) is 6.17. The Bertz CT molecular complexity index is 160. The number of quaternary nitrogens is 1. The topological polar surface area (TPSA) is 0 Å². The number of halogens is 1. The minimum absolute atomic E-state index is 0.639. The van der Waals surface area contributed by atoms with E-state index >= 15 is 0 Å². The standard InChI is InChI=1S/C16H35FN/c1-5-9-13-18(14-10-6-2,15-11-7-3)16(17)12-8-4/h16H,5-15H2,1-4H3/q+1. The van der Waals surface area contributed by atoms with Crippen molar-refractivity contribution in [3.8, 4) is 0 Å². The summed E-state index contributed by atoms with van der Waals surface area (Å²) in [5.74, 6) is 0. The highest BCUT2D eigenvalue weighted by Crippen LogP contribution is 2.23. The number of unbranched alkanes of at least 4 members (excludes halogenated alkanes) is 3. The Labute approximate surface area is 114 Å². The first-order valence-electron chi connectivity index (χ1n) is 8.16. The van der Waals surface area contributed by atoms with Gasteiger partial charge in [0.05, 0.1) is 19.6 Å². The zero-order chi connectivity index (χ0) is 13.9. The lowest BCUT2D eigenvalue weighted by Crippen LogP contribution is -2.55. The third-order valence-electron chi connectivity index (χ3n) is 3.99. The maximum Gasteiger partial charge on any atom is 0.232 e. The molecular formula is C16H35FN+. The molecular weight excluding hydrogens is 225 g/mol. The highest BCUT2D eigenvalue weighted by atomic mass is 19.1. The summed E-state index contributed by atoms with van der Waals surface area (Å²) in [7, 11) is 0. The maximum atomic E-state index is 14.7. The second kappa shape index (κ2) is 10.8. The molecule has 0 aliphatic rings. The van der Waals surface area contributed by atoms with E-state index in [1.807, 2.05) is 0 Å². The lowest BCUT2D eigenvalue weighted by Gasteiger charge is -2.41. The zero-order valence-electron chi connectivity index (χ0n) is 13.2. The summed E-state index contributed by atoms with van der Waals surface area (Å²) < 4.78 is 15.4. The van der Waals surface area contributed by atoms with Crippen molar-refractivity contribution in [2.75, 3.05) is 19.6 Å². The largest absolute Gasteiger partial charge is 0.295 e. The van der Waals surface area contributed by atoms with Crippen LogP contribution in [0.4, 0.5) is 4.39 Å². The van der Waals surface area contributed by atoms with Gasteiger partial charge in [-0.25, -0.2) is 0 Å². The lowest BCUT2D eigenvalue weighted by atomic mass is 10.1. The minimum Gasteiger partial charge on any atom is -0.295 e. The van der Waals surface area contributed by atoms with Gasteiger partial charge in [0.1, 0.15) is 0 Å². The zero-order valence-corrected chi connectivity index (χ0v) is 13.2. The number of alkyl halides is 1. The van der Waals surface area contributed by atoms with E-state index in [-0.39, 0.29) is 0 Å². The molecule has 0 bridgehead atoms. The summed E-state index contributed by atoms with van der Waals surface area (Å²) >= 11 is 0. The van der Waals surface area contributed by atoms with E-state index in [9.17, 15) is 4.39 Å². The highest BCUT2D eigenvalue weighted by molar-refractivity contribution is 4.53. The fourth-order valence-electron chi connectivity index (χ4n) is 2.69. The van der Waals surface area contributed by atoms with Crippen LogP contribution in [-0.4, -0.2) is 30.4 Å². The first-order chi connectivity index (χ1) is 8.66. The van der Waals surface area contributed by atoms with Gasteiger partial charge < -0.3 is 0 Å². The van der Waals surface area contributed by atoms with E-state index in [0.717, 1.165) is 56.2 Å². The Balaban J connectivity index is 4.72. The van der Waals surface area contributed by atoms with Crippen molar-refractivity contribution in [2.24, 2.45) is 0 Å². The number of rotatable bonds is 12. The summed E-state index contributed by atoms with van der Waals surface area (Å²) in [4.78, 5) is 0. The Morgan fingerprint density at radius 2 is 1.11 bits per heavy atom. The summed E-state index contributed by atoms with van der Waals surface area (Å²) in [5.41, 5.74) is 0. The molecule has 0 spiro atoms. The molecule has 0 aromatic heterocycles. The van der Waals surface area contributed by atoms with Gasteiger partial charge >= 0.3 is 0 Å². The molecule has 0 aromatic carbocycles. The van der Waals surface area contributed by atoms with E-state index in [2.05, 4.69) is 27.7 Å². The summed E-state index contributed by atoms with van der Waals surface area (Å²) in [6.45, 7) is 11.8. The van der Waals surface area contributed by atoms with Crippen LogP contribution in [0.1, 0.15) is 79.1 Å². The van der Waals surface area contributed by atoms with E-state index in [4.69, 9.17) is 0 Å². The molecule has 0 heterocycles. The van der Waals surface area contributed by atoms with Crippen molar-refractivity contribution in [3.05, 3.63) is 0 Å². The molecule has 110 valence electrons. The summed E-state index contributed by atoms with van der Waals surface area (Å²) in [6.07, 6.45) is 8.08. The van der Waals surface area contributed by atoms with Gasteiger partial charge in [-0.15, -0.1) is 0 Å². The monoisotopic (exact) mass is 260 g/mol. The van der Waals surface area contributed by atoms with Gasteiger partial charge in [0, 0.05) is 6.42 Å². The average Bonchev–Trinajstić information content (AvgIpc) is 2.38. The Hall–Kier alpha value is -0.110. The van der Waals surface area contributed by atoms with Crippen LogP contribution in [0.5, 0.6) is 0 Å².